The van der Waals surface area contributed by atoms with Crippen LogP contribution < -0.4 is 9.64 Å². The smallest absolute Gasteiger partial charge is 0.410 e. The van der Waals surface area contributed by atoms with Crippen LogP contribution >= 0.6 is 0 Å². The van der Waals surface area contributed by atoms with Crippen LogP contribution in [0.3, 0.4) is 0 Å². The predicted molar refractivity (Wildman–Crippen MR) is 98.8 cm³/mol. The molecule has 1 aromatic heterocycles. The predicted octanol–water partition coefficient (Wildman–Crippen LogP) is 2.13. The van der Waals surface area contributed by atoms with Crippen LogP contribution in [0.25, 0.3) is 0 Å². The van der Waals surface area contributed by atoms with Crippen molar-refractivity contribution in [2.24, 2.45) is 0 Å². The molecule has 7 heteroatoms. The third-order valence-corrected chi connectivity index (χ3v) is 4.71. The Morgan fingerprint density at radius 3 is 2.77 bits per heavy atom. The number of nitrogens with zero attached hydrogens (tertiary/aromatic N) is 3. The van der Waals surface area contributed by atoms with Crippen molar-refractivity contribution in [2.75, 3.05) is 31.2 Å². The molecule has 7 nitrogen and oxygen atoms in total. The molecular weight excluding hydrogens is 334 g/mol. The van der Waals surface area contributed by atoms with E-state index in [4.69, 9.17) is 19.6 Å². The Hall–Kier alpha value is -2.02. The highest BCUT2D eigenvalue weighted by atomic mass is 16.6. The Labute approximate surface area is 154 Å². The van der Waals surface area contributed by atoms with Gasteiger partial charge in [0.1, 0.15) is 23.8 Å². The average molecular weight is 363 g/mol. The summed E-state index contributed by atoms with van der Waals surface area (Å²) in [6.07, 6.45) is 0.568. The van der Waals surface area contributed by atoms with Crippen LogP contribution in [0.2, 0.25) is 0 Å². The molecule has 1 N–H and O–H groups in total. The van der Waals surface area contributed by atoms with Crippen LogP contribution in [-0.2, 0) is 11.2 Å². The van der Waals surface area contributed by atoms with Gasteiger partial charge >= 0.3 is 6.09 Å². The van der Waals surface area contributed by atoms with Crippen molar-refractivity contribution in [1.29, 1.82) is 0 Å². The molecule has 0 aromatic carbocycles. The van der Waals surface area contributed by atoms with Crippen LogP contribution in [0.4, 0.5) is 10.6 Å². The summed E-state index contributed by atoms with van der Waals surface area (Å²) in [6.45, 7) is 11.2. The fourth-order valence-electron chi connectivity index (χ4n) is 3.75. The highest BCUT2D eigenvalue weighted by Gasteiger charge is 2.41. The summed E-state index contributed by atoms with van der Waals surface area (Å²) in [7, 11) is 0. The van der Waals surface area contributed by atoms with Crippen LogP contribution in [0, 0.1) is 6.92 Å². The fourth-order valence-corrected chi connectivity index (χ4v) is 3.75. The minimum atomic E-state index is -0.492. The summed E-state index contributed by atoms with van der Waals surface area (Å²) in [4.78, 5) is 21.4. The van der Waals surface area contributed by atoms with Crippen molar-refractivity contribution < 1.29 is 19.4 Å². The Morgan fingerprint density at radius 1 is 1.38 bits per heavy atom. The summed E-state index contributed by atoms with van der Waals surface area (Å²) in [5.74, 6) is 1.70. The topological polar surface area (TPSA) is 75.1 Å². The number of pyridine rings is 1. The normalized spacial score (nSPS) is 22.1. The first kappa shape index (κ1) is 18.8. The van der Waals surface area contributed by atoms with Crippen LogP contribution in [0.5, 0.6) is 5.75 Å². The molecular formula is C19H29N3O4. The second-order valence-electron chi connectivity index (χ2n) is 8.13. The Kier molecular flexibility index (Phi) is 5.01. The standard InChI is InChI=1S/C19H29N3O4/c1-12-10-21(18(24)26-19(3,4)5)11-15-8-14-9-16(25-7-6-23)13(2)20-17(14)22(12)15/h9,12,15,23H,6-8,10-11H2,1-5H3/t12-,15-/m1/s1. The summed E-state index contributed by atoms with van der Waals surface area (Å²) in [5, 5.41) is 8.97. The molecule has 1 amide bonds. The third kappa shape index (κ3) is 3.72. The van der Waals surface area contributed by atoms with E-state index in [1.807, 2.05) is 33.8 Å². The number of piperazine rings is 1. The van der Waals surface area contributed by atoms with Crippen molar-refractivity contribution >= 4 is 11.9 Å². The van der Waals surface area contributed by atoms with E-state index in [1.165, 1.54) is 0 Å². The maximum atomic E-state index is 12.5. The van der Waals surface area contributed by atoms with Crippen molar-refractivity contribution in [2.45, 2.75) is 58.7 Å². The molecule has 1 aromatic rings. The Morgan fingerprint density at radius 2 is 2.12 bits per heavy atom. The minimum absolute atomic E-state index is 0.0207. The van der Waals surface area contributed by atoms with E-state index in [1.54, 1.807) is 4.90 Å². The number of aliphatic hydroxyl groups excluding tert-OH is 1. The minimum Gasteiger partial charge on any atom is -0.489 e. The van der Waals surface area contributed by atoms with Gasteiger partial charge in [0.25, 0.3) is 0 Å². The van der Waals surface area contributed by atoms with E-state index < -0.39 is 5.60 Å². The number of aromatic nitrogens is 1. The summed E-state index contributed by atoms with van der Waals surface area (Å²) < 4.78 is 11.1. The number of hydrogen-bond acceptors (Lipinski definition) is 6. The number of aryl methyl sites for hydroxylation is 1. The maximum absolute atomic E-state index is 12.5. The molecule has 0 saturated carbocycles. The molecule has 1 fully saturated rings. The highest BCUT2D eigenvalue weighted by molar-refractivity contribution is 5.70. The Bertz CT molecular complexity index is 686. The van der Waals surface area contributed by atoms with E-state index in [9.17, 15) is 4.79 Å². The van der Waals surface area contributed by atoms with Gasteiger partial charge < -0.3 is 24.4 Å². The summed E-state index contributed by atoms with van der Waals surface area (Å²) >= 11 is 0. The van der Waals surface area contributed by atoms with Gasteiger partial charge in [-0.25, -0.2) is 9.78 Å². The van der Waals surface area contributed by atoms with Gasteiger partial charge in [0.05, 0.1) is 18.3 Å². The second kappa shape index (κ2) is 6.95. The van der Waals surface area contributed by atoms with Crippen molar-refractivity contribution in [3.8, 4) is 5.75 Å². The number of aliphatic hydroxyl groups is 1. The number of carbonyl (C=O) groups excluding carboxylic acids is 1. The molecule has 0 bridgehead atoms. The average Bonchev–Trinajstić information content (AvgIpc) is 2.88. The second-order valence-corrected chi connectivity index (χ2v) is 8.13. The maximum Gasteiger partial charge on any atom is 0.410 e. The number of ether oxygens (including phenoxy) is 2. The quantitative estimate of drug-likeness (QED) is 0.887. The molecule has 2 aliphatic rings. The zero-order valence-electron chi connectivity index (χ0n) is 16.3. The molecule has 2 atom stereocenters. The number of carbonyl (C=O) groups is 1. The third-order valence-electron chi connectivity index (χ3n) is 4.71. The molecule has 3 rings (SSSR count). The molecule has 0 spiro atoms. The molecule has 26 heavy (non-hydrogen) atoms. The van der Waals surface area contributed by atoms with Crippen molar-refractivity contribution in [1.82, 2.24) is 9.88 Å². The molecule has 2 aliphatic heterocycles. The lowest BCUT2D eigenvalue weighted by molar-refractivity contribution is 0.0191. The lowest BCUT2D eigenvalue weighted by Crippen LogP contribution is -2.58. The first-order chi connectivity index (χ1) is 12.2. The molecule has 3 heterocycles. The monoisotopic (exact) mass is 363 g/mol. The first-order valence-electron chi connectivity index (χ1n) is 9.20. The van der Waals surface area contributed by atoms with Crippen molar-refractivity contribution in [3.63, 3.8) is 0 Å². The SMILES string of the molecule is Cc1nc2c(cc1OCCO)C[C@@H]1CN(C(=O)OC(C)(C)C)C[C@@H](C)N21. The van der Waals surface area contributed by atoms with Crippen LogP contribution in [0.1, 0.15) is 39.0 Å². The Balaban J connectivity index is 1.78. The number of amides is 1. The molecule has 144 valence electrons. The van der Waals surface area contributed by atoms with E-state index in [-0.39, 0.29) is 31.4 Å². The van der Waals surface area contributed by atoms with Gasteiger partial charge in [0.2, 0.25) is 0 Å². The molecule has 0 aliphatic carbocycles. The van der Waals surface area contributed by atoms with Crippen molar-refractivity contribution in [3.05, 3.63) is 17.3 Å². The van der Waals surface area contributed by atoms with E-state index in [0.717, 1.165) is 23.5 Å². The lowest BCUT2D eigenvalue weighted by Gasteiger charge is -2.43. The fraction of sp³-hybridized carbons (Fsp3) is 0.684. The number of fused-ring (bicyclic) bond motifs is 3. The van der Waals surface area contributed by atoms with Crippen LogP contribution in [-0.4, -0.2) is 65.1 Å². The number of anilines is 1. The molecule has 0 radical (unpaired) electrons. The largest absolute Gasteiger partial charge is 0.489 e. The number of hydrogen-bond donors (Lipinski definition) is 1. The van der Waals surface area contributed by atoms with Crippen LogP contribution in [0.15, 0.2) is 6.07 Å². The van der Waals surface area contributed by atoms with E-state index in [2.05, 4.69) is 11.8 Å². The van der Waals surface area contributed by atoms with E-state index >= 15 is 0 Å². The molecule has 1 saturated heterocycles. The zero-order valence-corrected chi connectivity index (χ0v) is 16.3. The highest BCUT2D eigenvalue weighted by Crippen LogP contribution is 2.38. The van der Waals surface area contributed by atoms with Gasteiger partial charge in [-0.05, 0) is 47.1 Å². The van der Waals surface area contributed by atoms with Gasteiger partial charge in [-0.2, -0.15) is 0 Å². The summed E-state index contributed by atoms with van der Waals surface area (Å²) in [6, 6.07) is 2.38. The number of rotatable bonds is 3. The van der Waals surface area contributed by atoms with Gasteiger partial charge in [-0.1, -0.05) is 0 Å². The van der Waals surface area contributed by atoms with Gasteiger partial charge in [-0.15, -0.1) is 0 Å². The van der Waals surface area contributed by atoms with Gasteiger partial charge in [-0.3, -0.25) is 0 Å². The van der Waals surface area contributed by atoms with E-state index in [0.29, 0.717) is 18.8 Å². The summed E-state index contributed by atoms with van der Waals surface area (Å²) in [5.41, 5.74) is 1.46. The lowest BCUT2D eigenvalue weighted by atomic mass is 10.1. The first-order valence-corrected chi connectivity index (χ1v) is 9.20. The molecule has 0 unspecified atom stereocenters. The van der Waals surface area contributed by atoms with Gasteiger partial charge in [0.15, 0.2) is 0 Å². The van der Waals surface area contributed by atoms with Gasteiger partial charge in [0, 0.05) is 24.7 Å². The zero-order chi connectivity index (χ0) is 19.1.